The Bertz CT molecular complexity index is 1000. The number of likely N-dealkylation sites (tertiary alicyclic amines) is 1. The van der Waals surface area contributed by atoms with Crippen LogP contribution >= 0.6 is 11.9 Å². The van der Waals surface area contributed by atoms with Gasteiger partial charge in [-0.3, -0.25) is 4.79 Å². The maximum absolute atomic E-state index is 12.7. The summed E-state index contributed by atoms with van der Waals surface area (Å²) in [4.78, 5) is 26.7. The van der Waals surface area contributed by atoms with E-state index in [2.05, 4.69) is 45.8 Å². The maximum atomic E-state index is 12.7. The molecule has 0 aliphatic carbocycles. The Kier molecular flexibility index (Phi) is 11.7. The number of nitrogens with one attached hydrogen (secondary N) is 1. The molecule has 2 aromatic carbocycles. The Balaban J connectivity index is 0.00000210. The van der Waals surface area contributed by atoms with Gasteiger partial charge in [-0.15, -0.1) is 13.2 Å². The third-order valence-electron chi connectivity index (χ3n) is 5.12. The molecule has 0 spiro atoms. The van der Waals surface area contributed by atoms with Crippen molar-refractivity contribution in [3.8, 4) is 0 Å². The van der Waals surface area contributed by atoms with Crippen LogP contribution in [0.2, 0.25) is 0 Å². The number of carbonyl (C=O) groups is 2. The number of allylic oxidation sites excluding steroid dienone is 2. The van der Waals surface area contributed by atoms with Gasteiger partial charge in [0.2, 0.25) is 0 Å². The van der Waals surface area contributed by atoms with Gasteiger partial charge in [-0.05, 0) is 53.8 Å². The maximum Gasteiger partial charge on any atom is 0.407 e. The van der Waals surface area contributed by atoms with E-state index in [-0.39, 0.29) is 11.9 Å². The summed E-state index contributed by atoms with van der Waals surface area (Å²) in [5.41, 5.74) is 2.94. The monoisotopic (exact) mass is 495 g/mol. The fourth-order valence-corrected chi connectivity index (χ4v) is 4.30. The lowest BCUT2D eigenvalue weighted by atomic mass is 10.0. The van der Waals surface area contributed by atoms with E-state index in [1.165, 1.54) is 12.7 Å². The second-order valence-electron chi connectivity index (χ2n) is 7.56. The van der Waals surface area contributed by atoms with Crippen molar-refractivity contribution in [3.05, 3.63) is 97.2 Å². The molecule has 186 valence electrons. The summed E-state index contributed by atoms with van der Waals surface area (Å²) in [6.45, 7) is 9.40. The first-order valence-corrected chi connectivity index (χ1v) is 11.9. The topological polar surface area (TPSA) is 82.1 Å². The minimum atomic E-state index is -0.477. The summed E-state index contributed by atoms with van der Waals surface area (Å²) < 4.78 is 6.71. The number of carbonyl (C=O) groups excluding carboxylic acids is 2. The third kappa shape index (κ3) is 8.35. The molecule has 7 nitrogen and oxygen atoms in total. The lowest BCUT2D eigenvalue weighted by Gasteiger charge is -2.39. The number of ether oxygens (including phenoxy) is 1. The van der Waals surface area contributed by atoms with Crippen molar-refractivity contribution >= 4 is 29.5 Å². The van der Waals surface area contributed by atoms with E-state index >= 15 is 0 Å². The molecule has 0 unspecified atom stereocenters. The Hall–Kier alpha value is -3.49. The molecule has 2 N–H and O–H groups in total. The van der Waals surface area contributed by atoms with Gasteiger partial charge in [0.25, 0.3) is 5.91 Å². The van der Waals surface area contributed by atoms with Crippen LogP contribution in [0.3, 0.4) is 0 Å². The molecular formula is C27H33N3O4S. The van der Waals surface area contributed by atoms with E-state index in [1.807, 2.05) is 54.6 Å². The number of nitrogens with zero attached hydrogens (tertiary/aromatic N) is 2. The molecule has 1 heterocycles. The summed E-state index contributed by atoms with van der Waals surface area (Å²) in [5.74, 6) is -0.0466. The van der Waals surface area contributed by atoms with Crippen LogP contribution in [0, 0.1) is 0 Å². The molecule has 2 aromatic rings. The van der Waals surface area contributed by atoms with Gasteiger partial charge in [-0.2, -0.15) is 0 Å². The van der Waals surface area contributed by atoms with E-state index in [0.29, 0.717) is 25.2 Å². The SMILES string of the molecule is C=CC/C(=C\N(CC=C)Sc1ccc(C(=O)N2CC(NC(=O)OC)C2)cc1)c1ccccc1.CO. The lowest BCUT2D eigenvalue weighted by molar-refractivity contribution is 0.0558. The highest BCUT2D eigenvalue weighted by molar-refractivity contribution is 7.97. The number of alkyl carbamates (subject to hydrolysis) is 1. The van der Waals surface area contributed by atoms with E-state index in [1.54, 1.807) is 16.8 Å². The first-order valence-electron chi connectivity index (χ1n) is 11.1. The molecule has 1 fully saturated rings. The molecular weight excluding hydrogens is 462 g/mol. The lowest BCUT2D eigenvalue weighted by Crippen LogP contribution is -2.60. The van der Waals surface area contributed by atoms with Crippen molar-refractivity contribution in [2.45, 2.75) is 17.4 Å². The normalized spacial score (nSPS) is 13.0. The van der Waals surface area contributed by atoms with Gasteiger partial charge >= 0.3 is 6.09 Å². The van der Waals surface area contributed by atoms with Gasteiger partial charge in [0, 0.05) is 43.4 Å². The van der Waals surface area contributed by atoms with Crippen molar-refractivity contribution < 1.29 is 19.4 Å². The molecule has 0 bridgehead atoms. The van der Waals surface area contributed by atoms with Crippen LogP contribution < -0.4 is 5.32 Å². The quantitative estimate of drug-likeness (QED) is 0.371. The zero-order chi connectivity index (χ0) is 25.6. The van der Waals surface area contributed by atoms with Gasteiger partial charge < -0.3 is 24.4 Å². The highest BCUT2D eigenvalue weighted by Crippen LogP contribution is 2.28. The minimum absolute atomic E-state index is 0.0466. The van der Waals surface area contributed by atoms with Crippen LogP contribution in [-0.2, 0) is 4.74 Å². The fraction of sp³-hybridized carbons (Fsp3) is 0.259. The standard InChI is InChI=1S/C26H29N3O3S.CH4O/c1-4-9-22(20-10-7-6-8-11-20)17-29(16-5-2)33-24-14-12-21(13-15-24)25(30)28-18-23(19-28)27-26(31)32-3;1-2/h4-8,10-15,17,23H,1-2,9,16,18-19H2,3H3,(H,27,31);2H,1H3/b22-17+;. The summed E-state index contributed by atoms with van der Waals surface area (Å²) in [6, 6.07) is 17.7. The van der Waals surface area contributed by atoms with E-state index < -0.39 is 6.09 Å². The molecule has 0 saturated carbocycles. The van der Waals surface area contributed by atoms with Crippen LogP contribution in [0.5, 0.6) is 0 Å². The fourth-order valence-electron chi connectivity index (χ4n) is 3.41. The Morgan fingerprint density at radius 3 is 2.31 bits per heavy atom. The number of methoxy groups -OCH3 is 1. The highest BCUT2D eigenvalue weighted by Gasteiger charge is 2.32. The number of amides is 2. The second-order valence-corrected chi connectivity index (χ2v) is 8.68. The number of aliphatic hydroxyl groups excluding tert-OH is 1. The Labute approximate surface area is 211 Å². The minimum Gasteiger partial charge on any atom is -0.453 e. The van der Waals surface area contributed by atoms with Crippen LogP contribution in [0.25, 0.3) is 5.57 Å². The van der Waals surface area contributed by atoms with Crippen LogP contribution in [0.4, 0.5) is 4.79 Å². The molecule has 1 saturated heterocycles. The van der Waals surface area contributed by atoms with Gasteiger partial charge in [-0.25, -0.2) is 4.79 Å². The first kappa shape index (κ1) is 27.8. The number of benzene rings is 2. The largest absolute Gasteiger partial charge is 0.453 e. The Morgan fingerprint density at radius 1 is 1.09 bits per heavy atom. The van der Waals surface area contributed by atoms with Crippen LogP contribution in [-0.4, -0.2) is 66.2 Å². The average molecular weight is 496 g/mol. The van der Waals surface area contributed by atoms with Crippen molar-refractivity contribution in [3.63, 3.8) is 0 Å². The summed E-state index contributed by atoms with van der Waals surface area (Å²) in [5, 5.41) is 9.70. The molecule has 35 heavy (non-hydrogen) atoms. The van der Waals surface area contributed by atoms with Gasteiger partial charge in [0.05, 0.1) is 13.2 Å². The van der Waals surface area contributed by atoms with Gasteiger partial charge in [0.1, 0.15) is 0 Å². The molecule has 2 amide bonds. The molecule has 8 heteroatoms. The van der Waals surface area contributed by atoms with Gasteiger partial charge in [-0.1, -0.05) is 42.5 Å². The third-order valence-corrected chi connectivity index (χ3v) is 6.09. The summed E-state index contributed by atoms with van der Waals surface area (Å²) in [7, 11) is 2.32. The predicted octanol–water partition coefficient (Wildman–Crippen LogP) is 4.59. The first-order chi connectivity index (χ1) is 17.0. The van der Waals surface area contributed by atoms with Crippen molar-refractivity contribution in [2.75, 3.05) is 33.9 Å². The molecule has 1 aliphatic heterocycles. The number of rotatable bonds is 10. The number of hydrogen-bond donors (Lipinski definition) is 2. The van der Waals surface area contributed by atoms with Crippen molar-refractivity contribution in [1.82, 2.24) is 14.5 Å². The van der Waals surface area contributed by atoms with Crippen LogP contribution in [0.15, 0.2) is 91.0 Å². The molecule has 0 aromatic heterocycles. The average Bonchev–Trinajstić information content (AvgIpc) is 2.87. The molecule has 0 atom stereocenters. The molecule has 0 radical (unpaired) electrons. The smallest absolute Gasteiger partial charge is 0.407 e. The van der Waals surface area contributed by atoms with E-state index in [4.69, 9.17) is 5.11 Å². The molecule has 1 aliphatic rings. The number of hydrogen-bond acceptors (Lipinski definition) is 6. The van der Waals surface area contributed by atoms with E-state index in [9.17, 15) is 9.59 Å². The summed E-state index contributed by atoms with van der Waals surface area (Å²) >= 11 is 1.59. The van der Waals surface area contributed by atoms with Crippen molar-refractivity contribution in [1.29, 1.82) is 0 Å². The highest BCUT2D eigenvalue weighted by atomic mass is 32.2. The van der Waals surface area contributed by atoms with Crippen molar-refractivity contribution in [2.24, 2.45) is 0 Å². The van der Waals surface area contributed by atoms with Gasteiger partial charge in [0.15, 0.2) is 0 Å². The zero-order valence-corrected chi connectivity index (χ0v) is 21.0. The zero-order valence-electron chi connectivity index (χ0n) is 20.2. The second kappa shape index (κ2) is 14.7. The van der Waals surface area contributed by atoms with E-state index in [0.717, 1.165) is 24.0 Å². The molecule has 3 rings (SSSR count). The van der Waals surface area contributed by atoms with Crippen LogP contribution in [0.1, 0.15) is 22.3 Å². The Morgan fingerprint density at radius 2 is 1.74 bits per heavy atom. The predicted molar refractivity (Wildman–Crippen MR) is 142 cm³/mol. The number of aliphatic hydroxyl groups is 1. The summed E-state index contributed by atoms with van der Waals surface area (Å²) in [6.07, 6.45) is 6.16.